The number of nitrogens with zero attached hydrogens (tertiary/aromatic N) is 1. The van der Waals surface area contributed by atoms with E-state index >= 15 is 0 Å². The van der Waals surface area contributed by atoms with Crippen molar-refractivity contribution in [2.75, 3.05) is 32.7 Å². The fourth-order valence-corrected chi connectivity index (χ4v) is 4.34. The van der Waals surface area contributed by atoms with Crippen LogP contribution in [0.25, 0.3) is 0 Å². The lowest BCUT2D eigenvalue weighted by molar-refractivity contribution is 0.146. The predicted octanol–water partition coefficient (Wildman–Crippen LogP) is 3.77. The summed E-state index contributed by atoms with van der Waals surface area (Å²) in [5.41, 5.74) is 0.494. The van der Waals surface area contributed by atoms with Crippen molar-refractivity contribution in [2.45, 2.75) is 59.8 Å². The highest BCUT2D eigenvalue weighted by molar-refractivity contribution is 4.92. The summed E-state index contributed by atoms with van der Waals surface area (Å²) in [6, 6.07) is 0. The third-order valence-electron chi connectivity index (χ3n) is 5.91. The highest BCUT2D eigenvalue weighted by Gasteiger charge is 2.39. The third-order valence-corrected chi connectivity index (χ3v) is 5.91. The van der Waals surface area contributed by atoms with Gasteiger partial charge in [-0.3, -0.25) is 0 Å². The molecule has 0 bridgehead atoms. The molecule has 1 aliphatic heterocycles. The number of nitrogens with one attached hydrogen (secondary N) is 1. The average Bonchev–Trinajstić information content (AvgIpc) is 2.98. The summed E-state index contributed by atoms with van der Waals surface area (Å²) in [5, 5.41) is 3.73. The zero-order valence-corrected chi connectivity index (χ0v) is 14.3. The largest absolute Gasteiger partial charge is 0.316 e. The van der Waals surface area contributed by atoms with Crippen molar-refractivity contribution < 1.29 is 0 Å². The van der Waals surface area contributed by atoms with Crippen molar-refractivity contribution in [2.24, 2.45) is 23.2 Å². The van der Waals surface area contributed by atoms with Gasteiger partial charge in [-0.05, 0) is 55.4 Å². The van der Waals surface area contributed by atoms with Gasteiger partial charge in [-0.15, -0.1) is 0 Å². The highest BCUT2D eigenvalue weighted by atomic mass is 15.2. The van der Waals surface area contributed by atoms with Crippen LogP contribution < -0.4 is 5.32 Å². The molecule has 0 amide bonds. The molecule has 2 aliphatic rings. The molecule has 2 unspecified atom stereocenters. The number of fused-ring (bicyclic) bond motifs is 1. The van der Waals surface area contributed by atoms with Gasteiger partial charge < -0.3 is 10.2 Å². The molecule has 20 heavy (non-hydrogen) atoms. The second-order valence-electron chi connectivity index (χ2n) is 7.88. The molecule has 2 atom stereocenters. The minimum atomic E-state index is 0.494. The molecule has 0 radical (unpaired) electrons. The zero-order chi connectivity index (χ0) is 14.6. The second kappa shape index (κ2) is 7.26. The molecule has 0 aromatic carbocycles. The Balaban J connectivity index is 1.84. The normalized spacial score (nSPS) is 27.4. The molecule has 118 valence electrons. The first kappa shape index (κ1) is 16.3. The average molecular weight is 280 g/mol. The van der Waals surface area contributed by atoms with Crippen LogP contribution in [0.5, 0.6) is 0 Å². The SMILES string of the molecule is CCC(CC)(CNCC(C)C)CN1CC2CCCC2C1. The van der Waals surface area contributed by atoms with Gasteiger partial charge in [-0.1, -0.05) is 34.1 Å². The van der Waals surface area contributed by atoms with E-state index in [0.717, 1.165) is 24.3 Å². The number of hydrogen-bond acceptors (Lipinski definition) is 2. The van der Waals surface area contributed by atoms with Gasteiger partial charge in [0.05, 0.1) is 0 Å². The molecule has 2 fully saturated rings. The topological polar surface area (TPSA) is 15.3 Å². The summed E-state index contributed by atoms with van der Waals surface area (Å²) in [6.45, 7) is 15.8. The van der Waals surface area contributed by atoms with Crippen molar-refractivity contribution in [3.8, 4) is 0 Å². The lowest BCUT2D eigenvalue weighted by atomic mass is 9.81. The maximum atomic E-state index is 3.73. The molecule has 1 saturated heterocycles. The first-order valence-corrected chi connectivity index (χ1v) is 9.01. The van der Waals surface area contributed by atoms with Crippen molar-refractivity contribution in [3.63, 3.8) is 0 Å². The lowest BCUT2D eigenvalue weighted by Crippen LogP contribution is -2.44. The van der Waals surface area contributed by atoms with E-state index in [2.05, 4.69) is 37.9 Å². The van der Waals surface area contributed by atoms with Gasteiger partial charge in [-0.25, -0.2) is 0 Å². The van der Waals surface area contributed by atoms with E-state index in [4.69, 9.17) is 0 Å². The van der Waals surface area contributed by atoms with Crippen LogP contribution in [-0.4, -0.2) is 37.6 Å². The van der Waals surface area contributed by atoms with Gasteiger partial charge in [0.15, 0.2) is 0 Å². The molecule has 1 aliphatic carbocycles. The van der Waals surface area contributed by atoms with Gasteiger partial charge in [0.25, 0.3) is 0 Å². The van der Waals surface area contributed by atoms with Gasteiger partial charge in [-0.2, -0.15) is 0 Å². The summed E-state index contributed by atoms with van der Waals surface area (Å²) in [5.74, 6) is 2.82. The molecule has 1 saturated carbocycles. The van der Waals surface area contributed by atoms with E-state index < -0.39 is 0 Å². The van der Waals surface area contributed by atoms with E-state index in [0.29, 0.717) is 5.41 Å². The van der Waals surface area contributed by atoms with Crippen LogP contribution in [0.4, 0.5) is 0 Å². The van der Waals surface area contributed by atoms with Crippen LogP contribution >= 0.6 is 0 Å². The Hall–Kier alpha value is -0.0800. The monoisotopic (exact) mass is 280 g/mol. The van der Waals surface area contributed by atoms with Crippen LogP contribution in [0.2, 0.25) is 0 Å². The minimum absolute atomic E-state index is 0.494. The molecule has 0 aromatic rings. The first-order valence-electron chi connectivity index (χ1n) is 9.01. The Kier molecular flexibility index (Phi) is 5.92. The Morgan fingerprint density at radius 3 is 2.20 bits per heavy atom. The summed E-state index contributed by atoms with van der Waals surface area (Å²) >= 11 is 0. The standard InChI is InChI=1S/C18H36N2/c1-5-18(6-2,13-19-10-15(3)4)14-20-11-16-8-7-9-17(16)12-20/h15-17,19H,5-14H2,1-4H3. The second-order valence-corrected chi connectivity index (χ2v) is 7.88. The van der Waals surface area contributed by atoms with Crippen molar-refractivity contribution in [1.29, 1.82) is 0 Å². The summed E-state index contributed by atoms with van der Waals surface area (Å²) < 4.78 is 0. The fourth-order valence-electron chi connectivity index (χ4n) is 4.34. The maximum absolute atomic E-state index is 3.73. The molecule has 0 aromatic heterocycles. The summed E-state index contributed by atoms with van der Waals surface area (Å²) in [6.07, 6.45) is 7.10. The molecule has 2 heteroatoms. The number of rotatable bonds is 8. The van der Waals surface area contributed by atoms with E-state index in [-0.39, 0.29) is 0 Å². The molecule has 1 heterocycles. The van der Waals surface area contributed by atoms with Crippen LogP contribution in [-0.2, 0) is 0 Å². The lowest BCUT2D eigenvalue weighted by Gasteiger charge is -2.36. The Morgan fingerprint density at radius 1 is 1.10 bits per heavy atom. The highest BCUT2D eigenvalue weighted by Crippen LogP contribution is 2.39. The molecular weight excluding hydrogens is 244 g/mol. The van der Waals surface area contributed by atoms with Crippen molar-refractivity contribution in [1.82, 2.24) is 10.2 Å². The predicted molar refractivity (Wildman–Crippen MR) is 88.0 cm³/mol. The summed E-state index contributed by atoms with van der Waals surface area (Å²) in [4.78, 5) is 2.79. The van der Waals surface area contributed by atoms with Gasteiger partial charge >= 0.3 is 0 Å². The zero-order valence-electron chi connectivity index (χ0n) is 14.3. The Bertz CT molecular complexity index is 271. The molecular formula is C18H36N2. The van der Waals surface area contributed by atoms with E-state index in [1.165, 1.54) is 58.3 Å². The third kappa shape index (κ3) is 3.98. The molecule has 1 N–H and O–H groups in total. The molecule has 2 rings (SSSR count). The van der Waals surface area contributed by atoms with E-state index in [9.17, 15) is 0 Å². The number of likely N-dealkylation sites (tertiary alicyclic amines) is 1. The van der Waals surface area contributed by atoms with Crippen LogP contribution in [0.1, 0.15) is 59.8 Å². The van der Waals surface area contributed by atoms with Gasteiger partial charge in [0, 0.05) is 26.2 Å². The molecule has 0 spiro atoms. The maximum Gasteiger partial charge on any atom is 0.00502 e. The number of hydrogen-bond donors (Lipinski definition) is 1. The van der Waals surface area contributed by atoms with Gasteiger partial charge in [0.2, 0.25) is 0 Å². The summed E-state index contributed by atoms with van der Waals surface area (Å²) in [7, 11) is 0. The molecule has 2 nitrogen and oxygen atoms in total. The Morgan fingerprint density at radius 2 is 1.70 bits per heavy atom. The van der Waals surface area contributed by atoms with E-state index in [1.54, 1.807) is 0 Å². The van der Waals surface area contributed by atoms with Crippen molar-refractivity contribution >= 4 is 0 Å². The first-order chi connectivity index (χ1) is 9.58. The smallest absolute Gasteiger partial charge is 0.00502 e. The van der Waals surface area contributed by atoms with Gasteiger partial charge in [0.1, 0.15) is 0 Å². The fraction of sp³-hybridized carbons (Fsp3) is 1.00. The van der Waals surface area contributed by atoms with Crippen LogP contribution in [0.3, 0.4) is 0 Å². The van der Waals surface area contributed by atoms with E-state index in [1.807, 2.05) is 0 Å². The Labute approximate surface area is 126 Å². The van der Waals surface area contributed by atoms with Crippen molar-refractivity contribution in [3.05, 3.63) is 0 Å². The van der Waals surface area contributed by atoms with Crippen LogP contribution in [0.15, 0.2) is 0 Å². The van der Waals surface area contributed by atoms with Crippen LogP contribution in [0, 0.1) is 23.2 Å². The minimum Gasteiger partial charge on any atom is -0.316 e. The quantitative estimate of drug-likeness (QED) is 0.728.